The molecule has 0 aliphatic carbocycles. The summed E-state index contributed by atoms with van der Waals surface area (Å²) in [4.78, 5) is 0. The summed E-state index contributed by atoms with van der Waals surface area (Å²) in [5, 5.41) is 3.29. The Balaban J connectivity index is 1.87. The largest absolute Gasteiger partial charge is 0.480 e. The lowest BCUT2D eigenvalue weighted by molar-refractivity contribution is -0.0442. The van der Waals surface area contributed by atoms with Crippen LogP contribution < -0.4 is 10.1 Å². The minimum Gasteiger partial charge on any atom is -0.480 e. The lowest BCUT2D eigenvalue weighted by atomic mass is 10.0. The molecule has 2 aromatic carbocycles. The summed E-state index contributed by atoms with van der Waals surface area (Å²) in [6.07, 6.45) is -0.475. The number of hydrogen-bond donors (Lipinski definition) is 1. The van der Waals surface area contributed by atoms with Gasteiger partial charge in [-0.15, -0.1) is 0 Å². The maximum absolute atomic E-state index is 13.9. The molecule has 0 spiro atoms. The van der Waals surface area contributed by atoms with Gasteiger partial charge in [-0.1, -0.05) is 42.5 Å². The van der Waals surface area contributed by atoms with Crippen molar-refractivity contribution in [3.05, 3.63) is 66.0 Å². The van der Waals surface area contributed by atoms with E-state index >= 15 is 0 Å². The molecule has 2 atom stereocenters. The van der Waals surface area contributed by atoms with Crippen molar-refractivity contribution in [3.63, 3.8) is 0 Å². The van der Waals surface area contributed by atoms with Crippen LogP contribution in [0.4, 0.5) is 4.39 Å². The maximum atomic E-state index is 13.9. The molecular weight excluding hydrogens is 269 g/mol. The highest BCUT2D eigenvalue weighted by molar-refractivity contribution is 5.27. The Bertz CT molecular complexity index is 570. The van der Waals surface area contributed by atoms with Crippen molar-refractivity contribution < 1.29 is 13.9 Å². The normalized spacial score (nSPS) is 20.0. The van der Waals surface area contributed by atoms with Gasteiger partial charge < -0.3 is 14.8 Å². The van der Waals surface area contributed by atoms with Crippen molar-refractivity contribution in [2.75, 3.05) is 19.7 Å². The standard InChI is InChI=1S/C17H18FNO2/c18-14-8-4-5-9-15(14)21-17(13-6-2-1-3-7-13)16-12-19-10-11-20-16/h1-9,16-17,19H,10-12H2/t16-,17+/m0/s1. The van der Waals surface area contributed by atoms with Gasteiger partial charge in [-0.05, 0) is 17.7 Å². The molecule has 3 rings (SSSR count). The second-order valence-electron chi connectivity index (χ2n) is 4.99. The first-order valence-electron chi connectivity index (χ1n) is 7.13. The third kappa shape index (κ3) is 3.40. The summed E-state index contributed by atoms with van der Waals surface area (Å²) < 4.78 is 25.6. The van der Waals surface area contributed by atoms with E-state index in [0.717, 1.165) is 12.1 Å². The second-order valence-corrected chi connectivity index (χ2v) is 4.99. The van der Waals surface area contributed by atoms with Gasteiger partial charge in [0.15, 0.2) is 17.7 Å². The van der Waals surface area contributed by atoms with E-state index in [9.17, 15) is 4.39 Å². The average Bonchev–Trinajstić information content (AvgIpc) is 2.56. The Labute approximate surface area is 123 Å². The minimum absolute atomic E-state index is 0.138. The average molecular weight is 287 g/mol. The zero-order chi connectivity index (χ0) is 14.5. The van der Waals surface area contributed by atoms with Crippen LogP contribution in [0.5, 0.6) is 5.75 Å². The predicted molar refractivity (Wildman–Crippen MR) is 78.8 cm³/mol. The van der Waals surface area contributed by atoms with E-state index in [-0.39, 0.29) is 23.8 Å². The molecule has 1 aliphatic rings. The van der Waals surface area contributed by atoms with Crippen LogP contribution in [-0.4, -0.2) is 25.8 Å². The lowest BCUT2D eigenvalue weighted by Crippen LogP contribution is -2.43. The highest BCUT2D eigenvalue weighted by atomic mass is 19.1. The topological polar surface area (TPSA) is 30.5 Å². The van der Waals surface area contributed by atoms with Crippen molar-refractivity contribution in [1.82, 2.24) is 5.32 Å². The number of rotatable bonds is 4. The summed E-state index contributed by atoms with van der Waals surface area (Å²) in [5.74, 6) is -0.109. The molecule has 0 saturated carbocycles. The molecule has 0 aromatic heterocycles. The Morgan fingerprint density at radius 3 is 2.57 bits per heavy atom. The summed E-state index contributed by atoms with van der Waals surface area (Å²) in [6, 6.07) is 16.3. The van der Waals surface area contributed by atoms with E-state index < -0.39 is 0 Å². The molecule has 1 saturated heterocycles. The third-order valence-electron chi connectivity index (χ3n) is 3.51. The van der Waals surface area contributed by atoms with Crippen LogP contribution in [0, 0.1) is 5.82 Å². The number of benzene rings is 2. The summed E-state index contributed by atoms with van der Waals surface area (Å²) >= 11 is 0. The fraction of sp³-hybridized carbons (Fsp3) is 0.294. The zero-order valence-electron chi connectivity index (χ0n) is 11.7. The van der Waals surface area contributed by atoms with E-state index in [1.54, 1.807) is 18.2 Å². The number of halogens is 1. The van der Waals surface area contributed by atoms with Crippen molar-refractivity contribution in [2.45, 2.75) is 12.2 Å². The number of nitrogens with one attached hydrogen (secondary N) is 1. The van der Waals surface area contributed by atoms with E-state index in [2.05, 4.69) is 5.32 Å². The van der Waals surface area contributed by atoms with Crippen molar-refractivity contribution in [2.24, 2.45) is 0 Å². The maximum Gasteiger partial charge on any atom is 0.165 e. The molecule has 2 aromatic rings. The van der Waals surface area contributed by atoms with Gasteiger partial charge in [0.25, 0.3) is 0 Å². The Morgan fingerprint density at radius 2 is 1.86 bits per heavy atom. The fourth-order valence-corrected chi connectivity index (χ4v) is 2.46. The van der Waals surface area contributed by atoms with Crippen molar-refractivity contribution in [3.8, 4) is 5.75 Å². The van der Waals surface area contributed by atoms with E-state index in [1.807, 2.05) is 30.3 Å². The van der Waals surface area contributed by atoms with Gasteiger partial charge in [0.1, 0.15) is 6.10 Å². The molecule has 0 amide bonds. The Morgan fingerprint density at radius 1 is 1.10 bits per heavy atom. The first-order chi connectivity index (χ1) is 10.3. The molecule has 0 bridgehead atoms. The van der Waals surface area contributed by atoms with Crippen LogP contribution in [0.1, 0.15) is 11.7 Å². The molecule has 1 fully saturated rings. The number of hydrogen-bond acceptors (Lipinski definition) is 3. The first-order valence-corrected chi connectivity index (χ1v) is 7.13. The third-order valence-corrected chi connectivity index (χ3v) is 3.51. The highest BCUT2D eigenvalue weighted by Crippen LogP contribution is 2.28. The Hall–Kier alpha value is -1.91. The molecule has 1 heterocycles. The molecular formula is C17H18FNO2. The summed E-state index contributed by atoms with van der Waals surface area (Å²) in [6.45, 7) is 2.15. The van der Waals surface area contributed by atoms with Gasteiger partial charge in [0.05, 0.1) is 6.61 Å². The van der Waals surface area contributed by atoms with Gasteiger partial charge in [-0.2, -0.15) is 0 Å². The van der Waals surface area contributed by atoms with Crippen LogP contribution in [0.15, 0.2) is 54.6 Å². The van der Waals surface area contributed by atoms with E-state index in [1.165, 1.54) is 6.07 Å². The van der Waals surface area contributed by atoms with Gasteiger partial charge in [-0.3, -0.25) is 0 Å². The summed E-state index contributed by atoms with van der Waals surface area (Å²) in [5.41, 5.74) is 0.981. The minimum atomic E-state index is -0.359. The number of ether oxygens (including phenoxy) is 2. The van der Waals surface area contributed by atoms with Gasteiger partial charge >= 0.3 is 0 Å². The van der Waals surface area contributed by atoms with E-state index in [0.29, 0.717) is 13.2 Å². The first kappa shape index (κ1) is 14.0. The van der Waals surface area contributed by atoms with Gasteiger partial charge in [0, 0.05) is 13.1 Å². The van der Waals surface area contributed by atoms with Crippen molar-refractivity contribution >= 4 is 0 Å². The number of morpholine rings is 1. The fourth-order valence-electron chi connectivity index (χ4n) is 2.46. The highest BCUT2D eigenvalue weighted by Gasteiger charge is 2.28. The van der Waals surface area contributed by atoms with Crippen molar-refractivity contribution in [1.29, 1.82) is 0 Å². The molecule has 0 radical (unpaired) electrons. The molecule has 21 heavy (non-hydrogen) atoms. The molecule has 4 heteroatoms. The quantitative estimate of drug-likeness (QED) is 0.938. The Kier molecular flexibility index (Phi) is 4.48. The van der Waals surface area contributed by atoms with Crippen LogP contribution in [0.25, 0.3) is 0 Å². The van der Waals surface area contributed by atoms with Crippen LogP contribution in [0.2, 0.25) is 0 Å². The molecule has 3 nitrogen and oxygen atoms in total. The van der Waals surface area contributed by atoms with Crippen LogP contribution >= 0.6 is 0 Å². The summed E-state index contributed by atoms with van der Waals surface area (Å²) in [7, 11) is 0. The molecule has 1 aliphatic heterocycles. The predicted octanol–water partition coefficient (Wildman–Crippen LogP) is 2.93. The smallest absolute Gasteiger partial charge is 0.165 e. The van der Waals surface area contributed by atoms with Gasteiger partial charge in [-0.25, -0.2) is 4.39 Å². The zero-order valence-corrected chi connectivity index (χ0v) is 11.7. The monoisotopic (exact) mass is 287 g/mol. The van der Waals surface area contributed by atoms with E-state index in [4.69, 9.17) is 9.47 Å². The van der Waals surface area contributed by atoms with Crippen LogP contribution in [0.3, 0.4) is 0 Å². The molecule has 1 N–H and O–H groups in total. The molecule has 0 unspecified atom stereocenters. The SMILES string of the molecule is Fc1ccccc1O[C@H](c1ccccc1)[C@@H]1CNCCO1. The van der Waals surface area contributed by atoms with Crippen LogP contribution in [-0.2, 0) is 4.74 Å². The lowest BCUT2D eigenvalue weighted by Gasteiger charge is -2.31. The number of para-hydroxylation sites is 1. The van der Waals surface area contributed by atoms with Gasteiger partial charge in [0.2, 0.25) is 0 Å². The second kappa shape index (κ2) is 6.70. The molecule has 110 valence electrons.